The molecule has 18 heteroatoms. The average molecular weight is 857 g/mol. The molecule has 5 fully saturated rings. The van der Waals surface area contributed by atoms with Crippen LogP contribution in [-0.2, 0) is 47.5 Å². The Labute approximate surface area is 349 Å². The predicted octanol–water partition coefficient (Wildman–Crippen LogP) is -0.723. The third-order valence-corrected chi connectivity index (χ3v) is 14.8. The van der Waals surface area contributed by atoms with E-state index in [2.05, 4.69) is 6.92 Å². The fraction of sp³-hybridized carbons (Fsp3) is 0.857. The Bertz CT molecular complexity index is 1590. The quantitative estimate of drug-likeness (QED) is 0.0839. The molecule has 8 N–H and O–H groups in total. The van der Waals surface area contributed by atoms with E-state index in [9.17, 15) is 50.4 Å². The fourth-order valence-electron chi connectivity index (χ4n) is 10.9. The van der Waals surface area contributed by atoms with Crippen LogP contribution < -0.4 is 0 Å². The smallest absolute Gasteiger partial charge is 0.331 e. The van der Waals surface area contributed by atoms with Gasteiger partial charge in [0.15, 0.2) is 18.9 Å². The molecule has 7 aliphatic rings. The molecule has 0 bridgehead atoms. The predicted molar refractivity (Wildman–Crippen MR) is 204 cm³/mol. The molecule has 0 aromatic rings. The summed E-state index contributed by atoms with van der Waals surface area (Å²) in [5.41, 5.74) is 0.910. The van der Waals surface area contributed by atoms with Crippen molar-refractivity contribution in [2.24, 2.45) is 22.7 Å². The van der Waals surface area contributed by atoms with Gasteiger partial charge in [0.1, 0.15) is 67.3 Å². The van der Waals surface area contributed by atoms with Gasteiger partial charge in [-0.15, -0.1) is 0 Å². The van der Waals surface area contributed by atoms with Gasteiger partial charge in [-0.1, -0.05) is 19.9 Å². The minimum absolute atomic E-state index is 0.135. The highest BCUT2D eigenvalue weighted by Gasteiger charge is 2.54. The normalized spacial score (nSPS) is 48.7. The number of fused-ring (bicyclic) bond motifs is 1. The summed E-state index contributed by atoms with van der Waals surface area (Å²) in [6.07, 6.45) is -9.99. The highest BCUT2D eigenvalue weighted by Crippen LogP contribution is 2.56. The van der Waals surface area contributed by atoms with Crippen LogP contribution in [0.1, 0.15) is 78.6 Å². The molecule has 0 amide bonds. The molecular formula is C42H64O18. The Morgan fingerprint density at radius 3 is 2.23 bits per heavy atom. The number of Topliss-reactive ketones (excluding diaryl/α,β-unsaturated/α-hetero) is 1. The zero-order valence-electron chi connectivity index (χ0n) is 34.7. The fourth-order valence-corrected chi connectivity index (χ4v) is 10.9. The molecule has 18 nitrogen and oxygen atoms in total. The molecule has 3 aliphatic carbocycles. The molecular weight excluding hydrogens is 792 g/mol. The lowest BCUT2D eigenvalue weighted by Gasteiger charge is -2.52. The van der Waals surface area contributed by atoms with Crippen LogP contribution in [0.2, 0.25) is 0 Å². The Balaban J connectivity index is 0.930. The summed E-state index contributed by atoms with van der Waals surface area (Å²) in [4.78, 5) is 25.5. The number of rotatable bonds is 13. The maximum Gasteiger partial charge on any atom is 0.331 e. The van der Waals surface area contributed by atoms with Crippen LogP contribution >= 0.6 is 0 Å². The first-order valence-electron chi connectivity index (χ1n) is 21.4. The summed E-state index contributed by atoms with van der Waals surface area (Å²) >= 11 is 0. The van der Waals surface area contributed by atoms with E-state index in [0.29, 0.717) is 25.7 Å². The van der Waals surface area contributed by atoms with Gasteiger partial charge in [-0.2, -0.15) is 0 Å². The standard InChI is InChI=1S/C42H64O18/c1-19-38(60-40-37(52)35(50)33(48)28(59-40)18-55-39-36(51)34(49)32(47)27(16-43)58-39)26(53-4)15-31(56-19)57-22-9-11-41(2)21(14-22)5-7-25(44)24(41)10-12-42(3)23(6-8-29(42)45)20-13-30(46)54-17-20/h6,13,19,21-22,24,26-29,31-40,43,45,47-52H,5,7-12,14-18H2,1-4H3/t19-,21-,22+,24+,26-,27-,28-,29+,31+,32-,33-,34+,35+,36-,37-,38+,39-,40+,41+,42-/m1/s1. The summed E-state index contributed by atoms with van der Waals surface area (Å²) in [6.45, 7) is 5.03. The first kappa shape index (κ1) is 46.0. The van der Waals surface area contributed by atoms with Crippen molar-refractivity contribution < 1.29 is 88.3 Å². The number of aliphatic hydroxyl groups is 8. The number of carbonyl (C=O) groups excluding carboxylic acids is 2. The van der Waals surface area contributed by atoms with E-state index in [4.69, 9.17) is 37.9 Å². The Kier molecular flexibility index (Phi) is 14.3. The molecule has 4 aliphatic heterocycles. The van der Waals surface area contributed by atoms with Crippen molar-refractivity contribution in [1.29, 1.82) is 0 Å². The van der Waals surface area contributed by atoms with Crippen LogP contribution in [-0.4, -0.2) is 178 Å². The van der Waals surface area contributed by atoms with Crippen molar-refractivity contribution in [3.63, 3.8) is 0 Å². The number of ketones is 1. The summed E-state index contributed by atoms with van der Waals surface area (Å²) < 4.78 is 46.9. The molecule has 3 saturated heterocycles. The van der Waals surface area contributed by atoms with Crippen LogP contribution in [0, 0.1) is 22.7 Å². The molecule has 0 radical (unpaired) electrons. The third kappa shape index (κ3) is 8.90. The minimum Gasteiger partial charge on any atom is -0.458 e. The second kappa shape index (κ2) is 18.6. The van der Waals surface area contributed by atoms with Crippen molar-refractivity contribution in [1.82, 2.24) is 0 Å². The van der Waals surface area contributed by atoms with E-state index < -0.39 is 111 Å². The first-order chi connectivity index (χ1) is 28.5. The Hall–Kier alpha value is -1.98. The van der Waals surface area contributed by atoms with Crippen LogP contribution in [0.3, 0.4) is 0 Å². The number of esters is 1. The van der Waals surface area contributed by atoms with Gasteiger partial charge < -0.3 is 78.7 Å². The van der Waals surface area contributed by atoms with Crippen LogP contribution in [0.25, 0.3) is 0 Å². The van der Waals surface area contributed by atoms with Gasteiger partial charge in [-0.3, -0.25) is 4.79 Å². The second-order valence-corrected chi connectivity index (χ2v) is 18.3. The number of ether oxygens (including phenoxy) is 8. The Morgan fingerprint density at radius 1 is 0.850 bits per heavy atom. The number of methoxy groups -OCH3 is 1. The number of carbonyl (C=O) groups is 2. The number of cyclic esters (lactones) is 1. The maximum absolute atomic E-state index is 13.6. The largest absolute Gasteiger partial charge is 0.458 e. The van der Waals surface area contributed by atoms with E-state index in [-0.39, 0.29) is 48.1 Å². The van der Waals surface area contributed by atoms with Crippen LogP contribution in [0.5, 0.6) is 0 Å². The first-order valence-corrected chi connectivity index (χ1v) is 21.4. The minimum atomic E-state index is -1.72. The van der Waals surface area contributed by atoms with E-state index in [0.717, 1.165) is 36.8 Å². The zero-order valence-corrected chi connectivity index (χ0v) is 34.7. The van der Waals surface area contributed by atoms with Gasteiger partial charge in [0.05, 0.1) is 37.6 Å². The van der Waals surface area contributed by atoms with Crippen molar-refractivity contribution >= 4 is 11.8 Å². The molecule has 0 spiro atoms. The molecule has 2 saturated carbocycles. The van der Waals surface area contributed by atoms with Crippen LogP contribution in [0.4, 0.5) is 0 Å². The van der Waals surface area contributed by atoms with E-state index in [1.807, 2.05) is 13.0 Å². The summed E-state index contributed by atoms with van der Waals surface area (Å²) in [7, 11) is 1.51. The lowest BCUT2D eigenvalue weighted by atomic mass is 9.53. The highest BCUT2D eigenvalue weighted by molar-refractivity contribution is 5.87. The number of hydrogen-bond donors (Lipinski definition) is 8. The van der Waals surface area contributed by atoms with Gasteiger partial charge in [0.25, 0.3) is 0 Å². The summed E-state index contributed by atoms with van der Waals surface area (Å²) in [5, 5.41) is 83.4. The number of hydrogen-bond acceptors (Lipinski definition) is 18. The zero-order chi connectivity index (χ0) is 43.3. The molecule has 0 aromatic heterocycles. The Morgan fingerprint density at radius 2 is 1.55 bits per heavy atom. The van der Waals surface area contributed by atoms with Crippen molar-refractivity contribution in [2.45, 2.75) is 177 Å². The summed E-state index contributed by atoms with van der Waals surface area (Å²) in [5.74, 6) is -0.0544. The lowest BCUT2D eigenvalue weighted by Crippen LogP contribution is -2.63. The van der Waals surface area contributed by atoms with Gasteiger partial charge in [-0.25, -0.2) is 4.79 Å². The van der Waals surface area contributed by atoms with E-state index in [1.165, 1.54) is 13.2 Å². The molecule has 60 heavy (non-hydrogen) atoms. The van der Waals surface area contributed by atoms with Gasteiger partial charge in [-0.05, 0) is 68.8 Å². The van der Waals surface area contributed by atoms with E-state index >= 15 is 0 Å². The molecule has 0 unspecified atom stereocenters. The molecule has 0 aromatic carbocycles. The molecule has 340 valence electrons. The molecule has 7 rings (SSSR count). The summed E-state index contributed by atoms with van der Waals surface area (Å²) in [6, 6.07) is 0. The molecule has 20 atom stereocenters. The lowest BCUT2D eigenvalue weighted by molar-refractivity contribution is -0.355. The van der Waals surface area contributed by atoms with Crippen molar-refractivity contribution in [3.8, 4) is 0 Å². The second-order valence-electron chi connectivity index (χ2n) is 18.3. The number of aliphatic hydroxyl groups excluding tert-OH is 8. The van der Waals surface area contributed by atoms with E-state index in [1.54, 1.807) is 6.92 Å². The third-order valence-electron chi connectivity index (χ3n) is 14.8. The monoisotopic (exact) mass is 856 g/mol. The highest BCUT2D eigenvalue weighted by atomic mass is 16.8. The van der Waals surface area contributed by atoms with Crippen molar-refractivity contribution in [2.75, 3.05) is 26.9 Å². The topological polar surface area (TPSA) is 270 Å². The average Bonchev–Trinajstić information content (AvgIpc) is 3.78. The van der Waals surface area contributed by atoms with Gasteiger partial charge >= 0.3 is 5.97 Å². The maximum atomic E-state index is 13.6. The van der Waals surface area contributed by atoms with Crippen LogP contribution in [0.15, 0.2) is 23.3 Å². The van der Waals surface area contributed by atoms with Crippen molar-refractivity contribution in [3.05, 3.63) is 23.3 Å². The molecule has 4 heterocycles. The van der Waals surface area contributed by atoms with Gasteiger partial charge in [0, 0.05) is 42.9 Å². The SMILES string of the molecule is CO[C@@H]1C[C@H](O[C@H]2CC[C@@]3(C)[C@H](CCC(=O)[C@@H]3CC[C@]3(C)C(C4=CC(=O)OC4)=CC[C@@H]3O)C2)O[C@H](C)[C@@H]1O[C@@H]1O[C@H](CO[C@@H]2O[C@H](CO)[C@@H](O)[C@H](O)[C@H]2O)[C@@H](O)[C@H](O)[C@H]1O. The van der Waals surface area contributed by atoms with Gasteiger partial charge in [0.2, 0.25) is 0 Å².